The number of hydrogen-bond donors (Lipinski definition) is 0. The molecule has 2 saturated heterocycles. The van der Waals surface area contributed by atoms with E-state index in [-0.39, 0.29) is 5.69 Å². The molecule has 2 aliphatic heterocycles. The van der Waals surface area contributed by atoms with Crippen LogP contribution in [0.25, 0.3) is 0 Å². The van der Waals surface area contributed by atoms with Crippen LogP contribution >= 0.6 is 0 Å². The first-order chi connectivity index (χ1) is 8.69. The summed E-state index contributed by atoms with van der Waals surface area (Å²) < 4.78 is 11.3. The Kier molecular flexibility index (Phi) is 2.68. The van der Waals surface area contributed by atoms with Crippen molar-refractivity contribution in [3.63, 3.8) is 0 Å². The number of nitrogens with zero attached hydrogens (tertiary/aromatic N) is 2. The molecular formula is C12H14N2O4. The van der Waals surface area contributed by atoms with Gasteiger partial charge in [-0.25, -0.2) is 0 Å². The average molecular weight is 250 g/mol. The maximum absolute atomic E-state index is 10.6. The number of rotatable bonds is 2. The molecule has 0 aliphatic carbocycles. The molecule has 0 amide bonds. The molecule has 96 valence electrons. The van der Waals surface area contributed by atoms with E-state index >= 15 is 0 Å². The van der Waals surface area contributed by atoms with Gasteiger partial charge in [-0.2, -0.15) is 0 Å². The molecular weight excluding hydrogens is 236 g/mol. The molecule has 1 aromatic carbocycles. The molecule has 6 heteroatoms. The van der Waals surface area contributed by atoms with Crippen LogP contribution in [0.4, 0.5) is 11.4 Å². The molecule has 2 heterocycles. The van der Waals surface area contributed by atoms with Crippen LogP contribution in [0.1, 0.15) is 6.42 Å². The second-order valence-corrected chi connectivity index (χ2v) is 4.55. The highest BCUT2D eigenvalue weighted by Gasteiger charge is 2.43. The second kappa shape index (κ2) is 4.22. The van der Waals surface area contributed by atoms with Crippen LogP contribution in [0.2, 0.25) is 0 Å². The molecule has 0 aromatic heterocycles. The molecule has 1 aromatic rings. The van der Waals surface area contributed by atoms with Gasteiger partial charge >= 0.3 is 0 Å². The van der Waals surface area contributed by atoms with E-state index in [1.807, 2.05) is 0 Å². The first kappa shape index (κ1) is 11.4. The molecule has 0 bridgehead atoms. The van der Waals surface area contributed by atoms with Gasteiger partial charge in [0.2, 0.25) is 0 Å². The lowest BCUT2D eigenvalue weighted by Crippen LogP contribution is -2.34. The third kappa shape index (κ3) is 1.93. The highest BCUT2D eigenvalue weighted by Crippen LogP contribution is 2.33. The fourth-order valence-electron chi connectivity index (χ4n) is 2.49. The maximum Gasteiger partial charge on any atom is 0.269 e. The maximum atomic E-state index is 10.6. The zero-order valence-corrected chi connectivity index (χ0v) is 9.87. The van der Waals surface area contributed by atoms with Crippen LogP contribution < -0.4 is 4.90 Å². The van der Waals surface area contributed by atoms with Crippen molar-refractivity contribution in [1.82, 2.24) is 0 Å². The number of ether oxygens (including phenoxy) is 2. The van der Waals surface area contributed by atoms with Crippen molar-refractivity contribution >= 4 is 11.4 Å². The summed E-state index contributed by atoms with van der Waals surface area (Å²) in [5.41, 5.74) is 1.08. The predicted octanol–water partition coefficient (Wildman–Crippen LogP) is 1.55. The molecule has 18 heavy (non-hydrogen) atoms. The van der Waals surface area contributed by atoms with Gasteiger partial charge in [0.15, 0.2) is 5.79 Å². The van der Waals surface area contributed by atoms with Gasteiger partial charge in [-0.05, 0) is 12.1 Å². The first-order valence-electron chi connectivity index (χ1n) is 5.96. The zero-order valence-electron chi connectivity index (χ0n) is 9.87. The minimum Gasteiger partial charge on any atom is -0.366 e. The number of non-ortho nitro benzene ring substituents is 1. The van der Waals surface area contributed by atoms with Crippen molar-refractivity contribution in [2.45, 2.75) is 12.2 Å². The number of nitro benzene ring substituents is 1. The van der Waals surface area contributed by atoms with E-state index in [2.05, 4.69) is 4.90 Å². The van der Waals surface area contributed by atoms with Gasteiger partial charge in [0.25, 0.3) is 5.69 Å². The normalized spacial score (nSPS) is 21.7. The Bertz CT molecular complexity index is 454. The quantitative estimate of drug-likeness (QED) is 0.588. The Balaban J connectivity index is 1.74. The monoisotopic (exact) mass is 250 g/mol. The third-order valence-corrected chi connectivity index (χ3v) is 3.43. The van der Waals surface area contributed by atoms with Gasteiger partial charge < -0.3 is 14.4 Å². The summed E-state index contributed by atoms with van der Waals surface area (Å²) in [5.74, 6) is -0.457. The minimum absolute atomic E-state index is 0.112. The van der Waals surface area contributed by atoms with E-state index in [4.69, 9.17) is 9.47 Å². The van der Waals surface area contributed by atoms with Crippen LogP contribution in [-0.4, -0.2) is 37.0 Å². The Morgan fingerprint density at radius 2 is 1.89 bits per heavy atom. The van der Waals surface area contributed by atoms with Crippen LogP contribution in [0.15, 0.2) is 24.3 Å². The molecule has 0 N–H and O–H groups in total. The van der Waals surface area contributed by atoms with Crippen LogP contribution in [0, 0.1) is 10.1 Å². The molecule has 6 nitrogen and oxygen atoms in total. The number of benzene rings is 1. The number of hydrogen-bond acceptors (Lipinski definition) is 5. The molecule has 2 aliphatic rings. The van der Waals surface area contributed by atoms with Gasteiger partial charge in [0.05, 0.1) is 24.7 Å². The minimum atomic E-state index is -0.457. The highest BCUT2D eigenvalue weighted by atomic mass is 16.7. The van der Waals surface area contributed by atoms with Crippen molar-refractivity contribution in [3.05, 3.63) is 34.4 Å². The van der Waals surface area contributed by atoms with Crippen LogP contribution in [0.3, 0.4) is 0 Å². The van der Waals surface area contributed by atoms with Crippen LogP contribution in [-0.2, 0) is 9.47 Å². The van der Waals surface area contributed by atoms with Crippen molar-refractivity contribution in [2.75, 3.05) is 31.2 Å². The summed E-state index contributed by atoms with van der Waals surface area (Å²) in [5, 5.41) is 10.6. The lowest BCUT2D eigenvalue weighted by Gasteiger charge is -2.23. The molecule has 0 atom stereocenters. The van der Waals surface area contributed by atoms with Gasteiger partial charge in [0.1, 0.15) is 0 Å². The number of anilines is 1. The van der Waals surface area contributed by atoms with Gasteiger partial charge in [-0.1, -0.05) is 0 Å². The van der Waals surface area contributed by atoms with Crippen LogP contribution in [0.5, 0.6) is 0 Å². The molecule has 1 spiro atoms. The van der Waals surface area contributed by atoms with E-state index in [0.29, 0.717) is 19.8 Å². The first-order valence-corrected chi connectivity index (χ1v) is 5.96. The Hall–Kier alpha value is -1.66. The lowest BCUT2D eigenvalue weighted by atomic mass is 10.2. The standard InChI is InChI=1S/C12H14N2O4/c15-14(16)11-3-1-10(2-4-11)13-6-5-12(9-13)17-7-8-18-12/h1-4H,5-9H2. The Morgan fingerprint density at radius 1 is 1.22 bits per heavy atom. The Morgan fingerprint density at radius 3 is 2.50 bits per heavy atom. The highest BCUT2D eigenvalue weighted by molar-refractivity contribution is 5.52. The smallest absolute Gasteiger partial charge is 0.269 e. The summed E-state index contributed by atoms with van der Waals surface area (Å²) in [6.45, 7) is 2.82. The fraction of sp³-hybridized carbons (Fsp3) is 0.500. The van der Waals surface area contributed by atoms with Crippen molar-refractivity contribution < 1.29 is 14.4 Å². The summed E-state index contributed by atoms with van der Waals surface area (Å²) in [6, 6.07) is 6.59. The lowest BCUT2D eigenvalue weighted by molar-refractivity contribution is -0.384. The van der Waals surface area contributed by atoms with E-state index in [9.17, 15) is 10.1 Å². The fourth-order valence-corrected chi connectivity index (χ4v) is 2.49. The Labute approximate surface area is 104 Å². The van der Waals surface area contributed by atoms with Crippen molar-refractivity contribution in [1.29, 1.82) is 0 Å². The number of nitro groups is 1. The third-order valence-electron chi connectivity index (χ3n) is 3.43. The van der Waals surface area contributed by atoms with E-state index in [1.54, 1.807) is 12.1 Å². The SMILES string of the molecule is O=[N+]([O-])c1ccc(N2CCC3(C2)OCCO3)cc1. The largest absolute Gasteiger partial charge is 0.366 e. The summed E-state index contributed by atoms with van der Waals surface area (Å²) in [6.07, 6.45) is 0.837. The topological polar surface area (TPSA) is 64.8 Å². The molecule has 0 radical (unpaired) electrons. The molecule has 3 rings (SSSR count). The van der Waals surface area contributed by atoms with E-state index < -0.39 is 10.7 Å². The van der Waals surface area contributed by atoms with Crippen molar-refractivity contribution in [3.8, 4) is 0 Å². The van der Waals surface area contributed by atoms with Gasteiger partial charge in [0, 0.05) is 30.8 Å². The molecule has 2 fully saturated rings. The second-order valence-electron chi connectivity index (χ2n) is 4.55. The van der Waals surface area contributed by atoms with Crippen molar-refractivity contribution in [2.24, 2.45) is 0 Å². The zero-order chi connectivity index (χ0) is 12.6. The summed E-state index contributed by atoms with van der Waals surface area (Å²) in [4.78, 5) is 12.3. The summed E-state index contributed by atoms with van der Waals surface area (Å²) in [7, 11) is 0. The van der Waals surface area contributed by atoms with Gasteiger partial charge in [-0.15, -0.1) is 0 Å². The van der Waals surface area contributed by atoms with E-state index in [0.717, 1.165) is 18.7 Å². The average Bonchev–Trinajstić information content (AvgIpc) is 3.01. The van der Waals surface area contributed by atoms with Gasteiger partial charge in [-0.3, -0.25) is 10.1 Å². The van der Waals surface area contributed by atoms with E-state index in [1.165, 1.54) is 12.1 Å². The summed E-state index contributed by atoms with van der Waals surface area (Å²) >= 11 is 0. The molecule has 0 saturated carbocycles. The molecule has 0 unspecified atom stereocenters. The predicted molar refractivity (Wildman–Crippen MR) is 64.6 cm³/mol.